The van der Waals surface area contributed by atoms with E-state index < -0.39 is 0 Å². The van der Waals surface area contributed by atoms with Crippen molar-refractivity contribution < 1.29 is 9.47 Å². The van der Waals surface area contributed by atoms with E-state index in [-0.39, 0.29) is 0 Å². The van der Waals surface area contributed by atoms with Crippen LogP contribution in [0.25, 0.3) is 0 Å². The molecule has 21 heavy (non-hydrogen) atoms. The average molecular weight is 291 g/mol. The standard InChI is InChI=1S/C18H29NO2/c1-2-3-4-5-6-7-12-19-13-8-9-16-10-11-17-18(14-16)21-15-20-17/h10-11,14,19H,2-9,12-13,15H2,1H3. The molecule has 1 heterocycles. The van der Waals surface area contributed by atoms with Crippen molar-refractivity contribution in [2.75, 3.05) is 19.9 Å². The van der Waals surface area contributed by atoms with Crippen molar-refractivity contribution >= 4 is 0 Å². The van der Waals surface area contributed by atoms with E-state index in [0.717, 1.165) is 31.0 Å². The van der Waals surface area contributed by atoms with Crippen molar-refractivity contribution in [3.8, 4) is 11.5 Å². The SMILES string of the molecule is CCCCCCCCNCCCc1ccc2c(c1)OCO2. The minimum atomic E-state index is 0.360. The Morgan fingerprint density at radius 1 is 0.905 bits per heavy atom. The summed E-state index contributed by atoms with van der Waals surface area (Å²) in [5.41, 5.74) is 1.33. The molecule has 0 bridgehead atoms. The lowest BCUT2D eigenvalue weighted by molar-refractivity contribution is 0.174. The molecule has 1 aliphatic rings. The maximum absolute atomic E-state index is 5.40. The maximum atomic E-state index is 5.40. The second-order valence-electron chi connectivity index (χ2n) is 5.81. The summed E-state index contributed by atoms with van der Waals surface area (Å²) in [6.45, 7) is 4.89. The smallest absolute Gasteiger partial charge is 0.231 e. The Morgan fingerprint density at radius 2 is 1.67 bits per heavy atom. The molecule has 1 aromatic rings. The van der Waals surface area contributed by atoms with E-state index >= 15 is 0 Å². The van der Waals surface area contributed by atoms with Gasteiger partial charge in [-0.1, -0.05) is 45.1 Å². The molecular weight excluding hydrogens is 262 g/mol. The van der Waals surface area contributed by atoms with Crippen LogP contribution in [-0.4, -0.2) is 19.9 Å². The van der Waals surface area contributed by atoms with Gasteiger partial charge in [0.2, 0.25) is 6.79 Å². The van der Waals surface area contributed by atoms with Crippen LogP contribution in [0.15, 0.2) is 18.2 Å². The van der Waals surface area contributed by atoms with Gasteiger partial charge in [0, 0.05) is 0 Å². The summed E-state index contributed by atoms with van der Waals surface area (Å²) >= 11 is 0. The second-order valence-corrected chi connectivity index (χ2v) is 5.81. The van der Waals surface area contributed by atoms with Gasteiger partial charge in [-0.2, -0.15) is 0 Å². The van der Waals surface area contributed by atoms with Crippen LogP contribution in [0, 0.1) is 0 Å². The van der Waals surface area contributed by atoms with Crippen LogP contribution in [0.3, 0.4) is 0 Å². The summed E-state index contributed by atoms with van der Waals surface area (Å²) in [5.74, 6) is 1.77. The molecule has 0 atom stereocenters. The molecular formula is C18H29NO2. The van der Waals surface area contributed by atoms with Crippen molar-refractivity contribution in [2.45, 2.75) is 58.3 Å². The number of ether oxygens (including phenoxy) is 2. The van der Waals surface area contributed by atoms with E-state index in [1.54, 1.807) is 0 Å². The van der Waals surface area contributed by atoms with Crippen LogP contribution >= 0.6 is 0 Å². The summed E-state index contributed by atoms with van der Waals surface area (Å²) in [6, 6.07) is 6.26. The Kier molecular flexibility index (Phi) is 7.44. The van der Waals surface area contributed by atoms with E-state index in [1.807, 2.05) is 6.07 Å². The summed E-state index contributed by atoms with van der Waals surface area (Å²) < 4.78 is 10.7. The molecule has 3 nitrogen and oxygen atoms in total. The second kappa shape index (κ2) is 9.67. The lowest BCUT2D eigenvalue weighted by Crippen LogP contribution is -2.17. The third kappa shape index (κ3) is 5.96. The molecule has 2 rings (SSSR count). The van der Waals surface area contributed by atoms with Gasteiger partial charge in [0.25, 0.3) is 0 Å². The van der Waals surface area contributed by atoms with E-state index in [0.29, 0.717) is 6.79 Å². The first-order valence-electron chi connectivity index (χ1n) is 8.49. The highest BCUT2D eigenvalue weighted by atomic mass is 16.7. The third-order valence-electron chi connectivity index (χ3n) is 3.96. The largest absolute Gasteiger partial charge is 0.454 e. The highest BCUT2D eigenvalue weighted by Crippen LogP contribution is 2.32. The van der Waals surface area contributed by atoms with Gasteiger partial charge in [-0.05, 0) is 50.0 Å². The molecule has 0 aromatic heterocycles. The molecule has 0 unspecified atom stereocenters. The van der Waals surface area contributed by atoms with Crippen molar-refractivity contribution in [3.63, 3.8) is 0 Å². The molecule has 1 N–H and O–H groups in total. The van der Waals surface area contributed by atoms with E-state index in [1.165, 1.54) is 50.5 Å². The summed E-state index contributed by atoms with van der Waals surface area (Å²) in [5, 5.41) is 3.54. The third-order valence-corrected chi connectivity index (χ3v) is 3.96. The van der Waals surface area contributed by atoms with Crippen LogP contribution in [0.1, 0.15) is 57.4 Å². The van der Waals surface area contributed by atoms with Gasteiger partial charge < -0.3 is 14.8 Å². The Labute approximate surface area is 129 Å². The fourth-order valence-electron chi connectivity index (χ4n) is 2.67. The van der Waals surface area contributed by atoms with Crippen LogP contribution < -0.4 is 14.8 Å². The Hall–Kier alpha value is -1.22. The lowest BCUT2D eigenvalue weighted by atomic mass is 10.1. The van der Waals surface area contributed by atoms with E-state index in [9.17, 15) is 0 Å². The zero-order valence-electron chi connectivity index (χ0n) is 13.3. The highest BCUT2D eigenvalue weighted by Gasteiger charge is 2.12. The Balaban J connectivity index is 1.47. The van der Waals surface area contributed by atoms with Crippen molar-refractivity contribution in [2.24, 2.45) is 0 Å². The minimum absolute atomic E-state index is 0.360. The fourth-order valence-corrected chi connectivity index (χ4v) is 2.67. The van der Waals surface area contributed by atoms with Crippen LogP contribution in [0.4, 0.5) is 0 Å². The van der Waals surface area contributed by atoms with E-state index in [4.69, 9.17) is 9.47 Å². The van der Waals surface area contributed by atoms with E-state index in [2.05, 4.69) is 24.4 Å². The number of aryl methyl sites for hydroxylation is 1. The maximum Gasteiger partial charge on any atom is 0.231 e. The summed E-state index contributed by atoms with van der Waals surface area (Å²) in [4.78, 5) is 0. The summed E-state index contributed by atoms with van der Waals surface area (Å²) in [6.07, 6.45) is 10.5. The normalized spacial score (nSPS) is 12.8. The number of fused-ring (bicyclic) bond motifs is 1. The Bertz CT molecular complexity index is 406. The molecule has 1 aliphatic heterocycles. The van der Waals surface area contributed by atoms with Gasteiger partial charge in [0.15, 0.2) is 11.5 Å². The topological polar surface area (TPSA) is 30.5 Å². The molecule has 1 aromatic carbocycles. The first-order chi connectivity index (χ1) is 10.4. The Morgan fingerprint density at radius 3 is 2.57 bits per heavy atom. The predicted molar refractivity (Wildman–Crippen MR) is 87.1 cm³/mol. The lowest BCUT2D eigenvalue weighted by Gasteiger charge is -2.06. The quantitative estimate of drug-likeness (QED) is 0.617. The zero-order chi connectivity index (χ0) is 14.8. The van der Waals surface area contributed by atoms with Crippen molar-refractivity contribution in [1.29, 1.82) is 0 Å². The first-order valence-corrected chi connectivity index (χ1v) is 8.49. The molecule has 0 spiro atoms. The van der Waals surface area contributed by atoms with Crippen LogP contribution in [-0.2, 0) is 6.42 Å². The number of nitrogens with one attached hydrogen (secondary N) is 1. The zero-order valence-corrected chi connectivity index (χ0v) is 13.3. The molecule has 3 heteroatoms. The number of rotatable bonds is 11. The van der Waals surface area contributed by atoms with Gasteiger partial charge >= 0.3 is 0 Å². The predicted octanol–water partition coefficient (Wildman–Crippen LogP) is 4.30. The van der Waals surface area contributed by atoms with Crippen LogP contribution in [0.5, 0.6) is 11.5 Å². The average Bonchev–Trinajstić information content (AvgIpc) is 2.97. The monoisotopic (exact) mass is 291 g/mol. The van der Waals surface area contributed by atoms with Crippen LogP contribution in [0.2, 0.25) is 0 Å². The molecule has 0 amide bonds. The fraction of sp³-hybridized carbons (Fsp3) is 0.667. The number of unbranched alkanes of at least 4 members (excludes halogenated alkanes) is 5. The van der Waals surface area contributed by atoms with Gasteiger partial charge in [0.1, 0.15) is 0 Å². The molecule has 118 valence electrons. The van der Waals surface area contributed by atoms with Crippen molar-refractivity contribution in [3.05, 3.63) is 23.8 Å². The molecule has 0 fully saturated rings. The molecule has 0 saturated carbocycles. The van der Waals surface area contributed by atoms with Crippen molar-refractivity contribution in [1.82, 2.24) is 5.32 Å². The van der Waals surface area contributed by atoms with Gasteiger partial charge in [-0.25, -0.2) is 0 Å². The highest BCUT2D eigenvalue weighted by molar-refractivity contribution is 5.44. The summed E-state index contributed by atoms with van der Waals surface area (Å²) in [7, 11) is 0. The minimum Gasteiger partial charge on any atom is -0.454 e. The van der Waals surface area contributed by atoms with Gasteiger partial charge in [-0.3, -0.25) is 0 Å². The number of hydrogen-bond acceptors (Lipinski definition) is 3. The first kappa shape index (κ1) is 16.2. The number of hydrogen-bond donors (Lipinski definition) is 1. The molecule has 0 saturated heterocycles. The number of benzene rings is 1. The molecule has 0 aliphatic carbocycles. The van der Waals surface area contributed by atoms with Gasteiger partial charge in [0.05, 0.1) is 0 Å². The molecule has 0 radical (unpaired) electrons. The van der Waals surface area contributed by atoms with Gasteiger partial charge in [-0.15, -0.1) is 0 Å².